The van der Waals surface area contributed by atoms with Crippen LogP contribution in [0.2, 0.25) is 0 Å². The first-order valence-electron chi connectivity index (χ1n) is 45.5. The Morgan fingerprint density at radius 1 is 0.254 bits per heavy atom. The molecule has 24 heteroatoms. The molecular formula is C118H121NO23. The Labute approximate surface area is 830 Å². The predicted molar refractivity (Wildman–Crippen MR) is 555 cm³/mol. The van der Waals surface area contributed by atoms with Gasteiger partial charge in [-0.1, -0.05) is 170 Å². The molecule has 16 rings (SSSR count). The van der Waals surface area contributed by atoms with Crippen LogP contribution in [0.1, 0.15) is 71.9 Å². The molecule has 1 fully saturated rings. The van der Waals surface area contributed by atoms with Crippen molar-refractivity contribution in [2.75, 3.05) is 140 Å². The van der Waals surface area contributed by atoms with Gasteiger partial charge in [0.15, 0.2) is 121 Å². The number of para-hydroxylation sites is 1. The molecule has 15 aromatic carbocycles. The van der Waals surface area contributed by atoms with E-state index in [-0.39, 0.29) is 36.1 Å². The molecule has 15 aromatic rings. The fourth-order valence-electron chi connectivity index (χ4n) is 16.4. The molecule has 1 saturated heterocycles. The summed E-state index contributed by atoms with van der Waals surface area (Å²) in [7, 11) is 30.6. The molecule has 0 radical (unpaired) electrons. The van der Waals surface area contributed by atoms with Crippen molar-refractivity contribution in [3.05, 3.63) is 353 Å². The number of hydrogen-bond donors (Lipinski definition) is 2. The Balaban J connectivity index is 0.000000159. The number of phenols is 1. The number of methoxy groups -OCH3 is 19. The number of anilines is 1. The molecule has 1 amide bonds. The lowest BCUT2D eigenvalue weighted by Crippen LogP contribution is -2.13. The Hall–Kier alpha value is -16.6. The minimum atomic E-state index is -0.251. The molecule has 0 spiro atoms. The van der Waals surface area contributed by atoms with E-state index in [9.17, 15) is 14.7 Å². The summed E-state index contributed by atoms with van der Waals surface area (Å²) in [6, 6.07) is 97.4. The van der Waals surface area contributed by atoms with E-state index in [0.717, 1.165) is 127 Å². The highest BCUT2D eigenvalue weighted by Crippen LogP contribution is 2.55. The number of benzene rings is 15. The van der Waals surface area contributed by atoms with Crippen molar-refractivity contribution in [2.45, 2.75) is 44.3 Å². The van der Waals surface area contributed by atoms with Gasteiger partial charge in [-0.05, 0) is 248 Å². The van der Waals surface area contributed by atoms with E-state index in [0.29, 0.717) is 91.6 Å². The average Bonchev–Trinajstić information content (AvgIpc) is 1.60. The van der Waals surface area contributed by atoms with Gasteiger partial charge in [-0.15, -0.1) is 0 Å². The molecular weight excluding hydrogens is 1800 g/mol. The summed E-state index contributed by atoms with van der Waals surface area (Å²) in [5.41, 5.74) is 19.9. The molecule has 1 aliphatic heterocycles. The van der Waals surface area contributed by atoms with Gasteiger partial charge in [-0.3, -0.25) is 9.59 Å². The van der Waals surface area contributed by atoms with Crippen molar-refractivity contribution < 1.29 is 109 Å². The van der Waals surface area contributed by atoms with Crippen molar-refractivity contribution >= 4 is 17.4 Å². The van der Waals surface area contributed by atoms with Crippen LogP contribution < -0.4 is 95.3 Å². The summed E-state index contributed by atoms with van der Waals surface area (Å²) in [6.45, 7) is 0. The number of phenolic OH excluding ortho intramolecular Hbond substituents is 1. The zero-order chi connectivity index (χ0) is 101. The molecule has 142 heavy (non-hydrogen) atoms. The van der Waals surface area contributed by atoms with Crippen LogP contribution in [0.3, 0.4) is 0 Å². The zero-order valence-electron chi connectivity index (χ0n) is 83.5. The van der Waals surface area contributed by atoms with Gasteiger partial charge >= 0.3 is 0 Å². The summed E-state index contributed by atoms with van der Waals surface area (Å²) >= 11 is 0. The highest BCUT2D eigenvalue weighted by molar-refractivity contribution is 6.07. The van der Waals surface area contributed by atoms with Crippen LogP contribution >= 0.6 is 0 Å². The Bertz CT molecular complexity index is 6750. The van der Waals surface area contributed by atoms with Gasteiger partial charge < -0.3 is 105 Å². The smallest absolute Gasteiger partial charge is 0.255 e. The maximum atomic E-state index is 13.1. The van der Waals surface area contributed by atoms with Gasteiger partial charge in [0.2, 0.25) is 0 Å². The van der Waals surface area contributed by atoms with Crippen LogP contribution in [0.5, 0.6) is 115 Å². The molecule has 0 saturated carbocycles. The molecule has 2 unspecified atom stereocenters. The number of hydrogen-bond acceptors (Lipinski definition) is 23. The lowest BCUT2D eigenvalue weighted by Gasteiger charge is -2.14. The van der Waals surface area contributed by atoms with Crippen LogP contribution in [-0.2, 0) is 36.8 Å². The SMILES string of the molecule is COc1cc(-c2ccccc2CCc2ccc(OC)c(OC)c2)ccc1O.COc1ccc(-c2ccccc2C2OC2c2ccc(OC)c(OC)c2)cc1OC.COc1ccc(C(=O)Nc2ccccc2-c2ccc(OC)c(OC)c2)cc1OC.COc1ccc(CC(=O)c2ccccc2-c2ccc(OC)c(OC)c2)cc1OC.COc1ccc(CCc2ccccc2-c2ccc(OC)c(OC)c2)cc1OC. The minimum absolute atomic E-state index is 0.0163. The van der Waals surface area contributed by atoms with E-state index in [1.54, 1.807) is 152 Å². The standard InChI is InChI=1S/2C24H24O5.C24H26O4.C23H23NO5.C23H24O4/c1-25-19-11-9-15(13-21(19)27-3)17-7-5-6-8-18(17)24-23(29-24)16-10-12-20(26-2)22(14-16)28-4;1-26-21-11-9-16(14-23(21)28-3)13-20(25)19-8-6-5-7-18(19)17-10-12-22(27-2)24(15-17)29-4;1-25-21-13-10-17(15-23(21)27-3)9-11-18-7-5-6-8-20(18)19-12-14-22(26-2)24(16-19)28-4;1-26-19-11-9-15(13-21(19)28-3)17-7-5-6-8-18(17)24-23(25)16-10-12-20(27-2)22(14-16)29-4;1-25-21-13-9-16(14-23(21)27-3)8-10-17-6-4-5-7-19(17)18-11-12-20(24)22(15-18)26-2/h5-14,23-24H,1-4H3;5-12,14-15H,13H2,1-4H3;5-8,10,12-16H,9,11H2,1-4H3;5-14H,1-4H3,(H,24,25);4-7,9,11-15,24H,8,10H2,1-3H3. The second-order valence-corrected chi connectivity index (χ2v) is 31.9. The maximum absolute atomic E-state index is 13.1. The monoisotopic (exact) mass is 1920 g/mol. The van der Waals surface area contributed by atoms with Crippen LogP contribution in [-0.4, -0.2) is 152 Å². The predicted octanol–water partition coefficient (Wildman–Crippen LogP) is 24.7. The number of aromatic hydroxyl groups is 1. The molecule has 24 nitrogen and oxygen atoms in total. The quantitative estimate of drug-likeness (QED) is 0.0271. The molecule has 2 atom stereocenters. The lowest BCUT2D eigenvalue weighted by molar-refractivity contribution is 0.0991. The first-order chi connectivity index (χ1) is 69.3. The summed E-state index contributed by atoms with van der Waals surface area (Å²) in [4.78, 5) is 25.9. The molecule has 736 valence electrons. The summed E-state index contributed by atoms with van der Waals surface area (Å²) in [6.07, 6.45) is 3.81. The van der Waals surface area contributed by atoms with Crippen molar-refractivity contribution in [3.63, 3.8) is 0 Å². The van der Waals surface area contributed by atoms with E-state index < -0.39 is 0 Å². The maximum Gasteiger partial charge on any atom is 0.255 e. The number of ketones is 1. The molecule has 0 bridgehead atoms. The van der Waals surface area contributed by atoms with Gasteiger partial charge in [-0.2, -0.15) is 0 Å². The lowest BCUT2D eigenvalue weighted by atomic mass is 9.94. The fourth-order valence-corrected chi connectivity index (χ4v) is 16.4. The second-order valence-electron chi connectivity index (χ2n) is 31.9. The Morgan fingerprint density at radius 3 is 0.993 bits per heavy atom. The van der Waals surface area contributed by atoms with Crippen molar-refractivity contribution in [2.24, 2.45) is 0 Å². The van der Waals surface area contributed by atoms with Crippen LogP contribution in [0.25, 0.3) is 55.6 Å². The normalized spacial score (nSPS) is 11.8. The number of Topliss-reactive ketones (excluding diaryl/α,β-unsaturated/α-hetero) is 1. The average molecular weight is 1920 g/mol. The molecule has 0 aliphatic carbocycles. The van der Waals surface area contributed by atoms with Crippen molar-refractivity contribution in [3.8, 4) is 171 Å². The van der Waals surface area contributed by atoms with Gasteiger partial charge in [0.1, 0.15) is 12.2 Å². The molecule has 0 aromatic heterocycles. The van der Waals surface area contributed by atoms with E-state index in [1.165, 1.54) is 34.9 Å². The first kappa shape index (κ1) is 104. The first-order valence-corrected chi connectivity index (χ1v) is 45.5. The Kier molecular flexibility index (Phi) is 38.0. The molecule has 1 aliphatic rings. The van der Waals surface area contributed by atoms with Gasteiger partial charge in [0, 0.05) is 28.8 Å². The summed E-state index contributed by atoms with van der Waals surface area (Å²) in [5.74, 6) is 12.5. The fraction of sp³-hybridized carbons (Fsp3) is 0.220. The van der Waals surface area contributed by atoms with Gasteiger partial charge in [0.05, 0.1) is 135 Å². The Morgan fingerprint density at radius 2 is 0.556 bits per heavy atom. The van der Waals surface area contributed by atoms with Crippen LogP contribution in [0, 0.1) is 0 Å². The number of nitrogens with one attached hydrogen (secondary N) is 1. The third-order valence-corrected chi connectivity index (χ3v) is 23.9. The second kappa shape index (κ2) is 51.7. The van der Waals surface area contributed by atoms with Crippen LogP contribution in [0.4, 0.5) is 5.69 Å². The number of rotatable bonds is 37. The number of carbonyl (C=O) groups is 2. The van der Waals surface area contributed by atoms with Crippen LogP contribution in [0.15, 0.2) is 303 Å². The molecule has 2 N–H and O–H groups in total. The highest BCUT2D eigenvalue weighted by atomic mass is 16.6. The summed E-state index contributed by atoms with van der Waals surface area (Å²) in [5, 5.41) is 12.8. The molecule has 1 heterocycles. The summed E-state index contributed by atoms with van der Waals surface area (Å²) < 4.78 is 108. The van der Waals surface area contributed by atoms with E-state index in [1.807, 2.05) is 212 Å². The zero-order valence-corrected chi connectivity index (χ0v) is 83.5. The largest absolute Gasteiger partial charge is 0.504 e. The van der Waals surface area contributed by atoms with Crippen molar-refractivity contribution in [1.29, 1.82) is 0 Å². The number of aryl methyl sites for hydroxylation is 4. The van der Waals surface area contributed by atoms with E-state index in [4.69, 9.17) is 94.7 Å². The van der Waals surface area contributed by atoms with Crippen molar-refractivity contribution in [1.82, 2.24) is 0 Å². The highest BCUT2D eigenvalue weighted by Gasteiger charge is 2.43. The third kappa shape index (κ3) is 26.1. The third-order valence-electron chi connectivity index (χ3n) is 23.9. The topological polar surface area (TPSA) is 254 Å². The number of amides is 1. The minimum Gasteiger partial charge on any atom is -0.504 e. The number of carbonyl (C=O) groups excluding carboxylic acids is 2. The van der Waals surface area contributed by atoms with Gasteiger partial charge in [0.25, 0.3) is 5.91 Å². The number of ether oxygens (including phenoxy) is 20. The van der Waals surface area contributed by atoms with E-state index in [2.05, 4.69) is 72.0 Å². The van der Waals surface area contributed by atoms with E-state index >= 15 is 0 Å². The van der Waals surface area contributed by atoms with Gasteiger partial charge in [-0.25, -0.2) is 0 Å². The number of epoxide rings is 1.